The maximum absolute atomic E-state index is 12.7. The smallest absolute Gasteiger partial charge is 0.252 e. The first kappa shape index (κ1) is 17.4. The molecule has 1 aromatic carbocycles. The fourth-order valence-electron chi connectivity index (χ4n) is 4.24. The van der Waals surface area contributed by atoms with Crippen LogP contribution in [0.15, 0.2) is 24.5 Å². The molecule has 2 aliphatic heterocycles. The van der Waals surface area contributed by atoms with Crippen LogP contribution in [0.3, 0.4) is 0 Å². The van der Waals surface area contributed by atoms with Crippen molar-refractivity contribution in [1.29, 1.82) is 0 Å². The topological polar surface area (TPSA) is 75.9 Å². The molecule has 26 heavy (non-hydrogen) atoms. The van der Waals surface area contributed by atoms with Gasteiger partial charge in [0.15, 0.2) is 0 Å². The lowest BCUT2D eigenvalue weighted by atomic mass is 9.83. The van der Waals surface area contributed by atoms with Crippen LogP contribution in [0.4, 0.5) is 0 Å². The summed E-state index contributed by atoms with van der Waals surface area (Å²) >= 11 is 6.25. The maximum Gasteiger partial charge on any atom is 0.252 e. The molecule has 7 nitrogen and oxygen atoms in total. The quantitative estimate of drug-likeness (QED) is 0.888. The van der Waals surface area contributed by atoms with Crippen molar-refractivity contribution in [3.8, 4) is 5.69 Å². The lowest BCUT2D eigenvalue weighted by Crippen LogP contribution is -2.51. The van der Waals surface area contributed by atoms with Gasteiger partial charge in [-0.15, -0.1) is 5.10 Å². The zero-order valence-corrected chi connectivity index (χ0v) is 15.4. The number of amides is 1. The number of hydrogen-bond donors (Lipinski definition) is 1. The first-order valence-corrected chi connectivity index (χ1v) is 9.65. The predicted molar refractivity (Wildman–Crippen MR) is 98.4 cm³/mol. The summed E-state index contributed by atoms with van der Waals surface area (Å²) in [6.45, 7) is 3.11. The van der Waals surface area contributed by atoms with E-state index in [2.05, 4.69) is 25.7 Å². The fraction of sp³-hybridized carbons (Fsp3) is 0.556. The molecule has 1 amide bonds. The number of hydrogen-bond acceptors (Lipinski definition) is 5. The number of fused-ring (bicyclic) bond motifs is 1. The van der Waals surface area contributed by atoms with E-state index < -0.39 is 0 Å². The second-order valence-corrected chi connectivity index (χ2v) is 7.54. The number of halogens is 1. The highest BCUT2D eigenvalue weighted by Gasteiger charge is 2.33. The lowest BCUT2D eigenvalue weighted by molar-refractivity contribution is 0.0575. The van der Waals surface area contributed by atoms with Crippen LogP contribution in [-0.4, -0.2) is 56.7 Å². The number of rotatable bonds is 4. The van der Waals surface area contributed by atoms with Gasteiger partial charge in [0.1, 0.15) is 6.33 Å². The van der Waals surface area contributed by atoms with Gasteiger partial charge in [-0.3, -0.25) is 4.79 Å². The fourth-order valence-corrected chi connectivity index (χ4v) is 4.45. The van der Waals surface area contributed by atoms with Gasteiger partial charge in [-0.25, -0.2) is 4.68 Å². The molecule has 0 spiro atoms. The first-order valence-electron chi connectivity index (χ1n) is 9.27. The molecule has 0 saturated carbocycles. The van der Waals surface area contributed by atoms with Gasteiger partial charge in [0.2, 0.25) is 0 Å². The van der Waals surface area contributed by atoms with E-state index in [0.29, 0.717) is 34.8 Å². The molecule has 0 bridgehead atoms. The van der Waals surface area contributed by atoms with Gasteiger partial charge in [0.05, 0.1) is 16.3 Å². The van der Waals surface area contributed by atoms with Crippen LogP contribution in [0.2, 0.25) is 5.02 Å². The molecule has 4 rings (SSSR count). The minimum absolute atomic E-state index is 0.141. The third-order valence-electron chi connectivity index (χ3n) is 5.56. The second kappa shape index (κ2) is 7.72. The van der Waals surface area contributed by atoms with Crippen molar-refractivity contribution in [1.82, 2.24) is 30.4 Å². The van der Waals surface area contributed by atoms with Gasteiger partial charge in [0, 0.05) is 12.6 Å². The molecule has 138 valence electrons. The Morgan fingerprint density at radius 3 is 2.96 bits per heavy atom. The number of carbonyl (C=O) groups excluding carboxylic acids is 1. The Balaban J connectivity index is 1.44. The molecule has 0 aliphatic carbocycles. The van der Waals surface area contributed by atoms with Gasteiger partial charge in [0.25, 0.3) is 5.91 Å². The molecule has 1 N–H and O–H groups in total. The van der Waals surface area contributed by atoms with Gasteiger partial charge in [-0.2, -0.15) is 0 Å². The van der Waals surface area contributed by atoms with Gasteiger partial charge in [-0.1, -0.05) is 18.0 Å². The molecule has 2 aliphatic rings. The molecule has 2 atom stereocenters. The van der Waals surface area contributed by atoms with Crippen LogP contribution in [0, 0.1) is 5.92 Å². The van der Waals surface area contributed by atoms with E-state index in [1.54, 1.807) is 18.2 Å². The summed E-state index contributed by atoms with van der Waals surface area (Å²) in [7, 11) is 0. The summed E-state index contributed by atoms with van der Waals surface area (Å²) in [6.07, 6.45) is 7.73. The number of aromatic nitrogens is 4. The molecule has 2 aromatic rings. The minimum atomic E-state index is -0.141. The van der Waals surface area contributed by atoms with E-state index >= 15 is 0 Å². The second-order valence-electron chi connectivity index (χ2n) is 7.13. The van der Waals surface area contributed by atoms with E-state index in [-0.39, 0.29) is 5.91 Å². The van der Waals surface area contributed by atoms with Gasteiger partial charge >= 0.3 is 0 Å². The van der Waals surface area contributed by atoms with E-state index in [0.717, 1.165) is 0 Å². The van der Waals surface area contributed by atoms with Crippen molar-refractivity contribution in [3.05, 3.63) is 35.1 Å². The summed E-state index contributed by atoms with van der Waals surface area (Å²) in [5, 5.41) is 14.6. The number of nitrogens with zero attached hydrogens (tertiary/aromatic N) is 5. The normalized spacial score (nSPS) is 23.4. The van der Waals surface area contributed by atoms with Crippen molar-refractivity contribution < 1.29 is 4.79 Å². The summed E-state index contributed by atoms with van der Waals surface area (Å²) < 4.78 is 1.51. The highest BCUT2D eigenvalue weighted by molar-refractivity contribution is 6.33. The van der Waals surface area contributed by atoms with E-state index in [1.807, 2.05) is 0 Å². The molecular weight excluding hydrogens is 352 g/mol. The number of piperidine rings is 2. The number of tetrazole rings is 1. The lowest BCUT2D eigenvalue weighted by Gasteiger charge is -2.44. The Bertz CT molecular complexity index is 763. The molecule has 8 heteroatoms. The van der Waals surface area contributed by atoms with Crippen molar-refractivity contribution in [2.75, 3.05) is 19.6 Å². The third kappa shape index (κ3) is 3.59. The highest BCUT2D eigenvalue weighted by Crippen LogP contribution is 2.30. The molecule has 2 fully saturated rings. The average molecular weight is 375 g/mol. The molecule has 2 saturated heterocycles. The standard InChI is InChI=1S/C18H23ClN6O/c19-16-7-6-14(25-12-21-22-23-25)10-15(16)18(26)20-11-13-4-3-9-24-8-2-1-5-17(13)24/h6-7,10,12-13,17H,1-5,8-9,11H2,(H,20,26)/t13-,17+/m1/s1. The highest BCUT2D eigenvalue weighted by atomic mass is 35.5. The van der Waals surface area contributed by atoms with Gasteiger partial charge < -0.3 is 10.2 Å². The van der Waals surface area contributed by atoms with Crippen LogP contribution >= 0.6 is 11.6 Å². The SMILES string of the molecule is O=C(NC[C@H]1CCCN2CCCC[C@@H]12)c1cc(-n2cnnn2)ccc1Cl. The first-order chi connectivity index (χ1) is 12.7. The molecular formula is C18H23ClN6O. The maximum atomic E-state index is 12.7. The Labute approximate surface area is 157 Å². The summed E-state index contributed by atoms with van der Waals surface area (Å²) in [6, 6.07) is 5.83. The Hall–Kier alpha value is -1.99. The van der Waals surface area contributed by atoms with Crippen LogP contribution in [-0.2, 0) is 0 Å². The van der Waals surface area contributed by atoms with Crippen LogP contribution in [0.1, 0.15) is 42.5 Å². The van der Waals surface area contributed by atoms with Crippen LogP contribution in [0.25, 0.3) is 5.69 Å². The van der Waals surface area contributed by atoms with Crippen molar-refractivity contribution in [2.24, 2.45) is 5.92 Å². The Morgan fingerprint density at radius 1 is 1.23 bits per heavy atom. The largest absolute Gasteiger partial charge is 0.352 e. The summed E-state index contributed by atoms with van der Waals surface area (Å²) in [5.41, 5.74) is 1.16. The van der Waals surface area contributed by atoms with Crippen LogP contribution < -0.4 is 5.32 Å². The van der Waals surface area contributed by atoms with Crippen LogP contribution in [0.5, 0.6) is 0 Å². The Kier molecular flexibility index (Phi) is 5.17. The Morgan fingerprint density at radius 2 is 2.12 bits per heavy atom. The summed E-state index contributed by atoms with van der Waals surface area (Å²) in [5.74, 6) is 0.382. The average Bonchev–Trinajstić information content (AvgIpc) is 3.21. The monoisotopic (exact) mass is 374 g/mol. The number of nitrogens with one attached hydrogen (secondary N) is 1. The zero-order chi connectivity index (χ0) is 17.9. The van der Waals surface area contributed by atoms with Crippen molar-refractivity contribution >= 4 is 17.5 Å². The summed E-state index contributed by atoms with van der Waals surface area (Å²) in [4.78, 5) is 15.3. The molecule has 3 heterocycles. The zero-order valence-electron chi connectivity index (χ0n) is 14.6. The number of carbonyl (C=O) groups is 1. The van der Waals surface area contributed by atoms with Gasteiger partial charge in [-0.05, 0) is 73.3 Å². The molecule has 1 aromatic heterocycles. The predicted octanol–water partition coefficient (Wildman–Crippen LogP) is 2.31. The molecule has 0 radical (unpaired) electrons. The third-order valence-corrected chi connectivity index (χ3v) is 5.89. The van der Waals surface area contributed by atoms with E-state index in [4.69, 9.17) is 11.6 Å². The van der Waals surface area contributed by atoms with E-state index in [1.165, 1.54) is 56.2 Å². The van der Waals surface area contributed by atoms with E-state index in [9.17, 15) is 4.79 Å². The van der Waals surface area contributed by atoms with Crippen molar-refractivity contribution in [2.45, 2.75) is 38.1 Å². The van der Waals surface area contributed by atoms with Crippen molar-refractivity contribution in [3.63, 3.8) is 0 Å². The minimum Gasteiger partial charge on any atom is -0.352 e. The molecule has 0 unspecified atom stereocenters. The number of benzene rings is 1.